The first kappa shape index (κ1) is 16.2. The molecule has 0 bridgehead atoms. The van der Waals surface area contributed by atoms with Gasteiger partial charge in [0.05, 0.1) is 5.56 Å². The average Bonchev–Trinajstić information content (AvgIpc) is 2.26. The van der Waals surface area contributed by atoms with Crippen molar-refractivity contribution in [3.05, 3.63) is 22.3 Å². The Morgan fingerprint density at radius 2 is 2.00 bits per heavy atom. The van der Waals surface area contributed by atoms with Crippen LogP contribution in [-0.2, 0) is 6.18 Å². The minimum Gasteiger partial charge on any atom is -0.396 e. The highest BCUT2D eigenvalue weighted by Gasteiger charge is 2.35. The zero-order valence-corrected chi connectivity index (χ0v) is 12.3. The molecule has 1 aromatic heterocycles. The van der Waals surface area contributed by atoms with Gasteiger partial charge in [0, 0.05) is 23.8 Å². The molecule has 0 spiro atoms. The number of hydrogen-bond donors (Lipinski definition) is 2. The van der Waals surface area contributed by atoms with Crippen LogP contribution in [-0.4, -0.2) is 23.2 Å². The molecule has 0 atom stereocenters. The van der Waals surface area contributed by atoms with Crippen molar-refractivity contribution in [3.8, 4) is 0 Å². The number of rotatable bonds is 5. The van der Waals surface area contributed by atoms with Gasteiger partial charge in [-0.1, -0.05) is 13.8 Å². The topological polar surface area (TPSA) is 45.1 Å². The predicted octanol–water partition coefficient (Wildman–Crippen LogP) is 3.68. The fourth-order valence-corrected chi connectivity index (χ4v) is 1.84. The molecule has 1 aromatic rings. The van der Waals surface area contributed by atoms with Gasteiger partial charge in [-0.05, 0) is 33.8 Å². The van der Waals surface area contributed by atoms with E-state index in [2.05, 4.69) is 26.2 Å². The van der Waals surface area contributed by atoms with Crippen molar-refractivity contribution < 1.29 is 18.3 Å². The van der Waals surface area contributed by atoms with E-state index in [1.54, 1.807) is 0 Å². The molecule has 0 saturated heterocycles. The Bertz CT molecular complexity index is 435. The third kappa shape index (κ3) is 4.99. The summed E-state index contributed by atoms with van der Waals surface area (Å²) in [6.45, 7) is 4.02. The van der Waals surface area contributed by atoms with Crippen LogP contribution in [0.25, 0.3) is 0 Å². The van der Waals surface area contributed by atoms with Crippen molar-refractivity contribution in [1.82, 2.24) is 4.98 Å². The first-order chi connectivity index (χ1) is 8.65. The summed E-state index contributed by atoms with van der Waals surface area (Å²) in [5.74, 6) is -0.193. The van der Waals surface area contributed by atoms with Crippen LogP contribution in [0.3, 0.4) is 0 Å². The molecule has 19 heavy (non-hydrogen) atoms. The number of aliphatic hydroxyl groups is 1. The lowest BCUT2D eigenvalue weighted by atomic mass is 9.90. The number of hydrogen-bond acceptors (Lipinski definition) is 3. The number of pyridine rings is 1. The second kappa shape index (κ2) is 6.09. The maximum atomic E-state index is 12.9. The summed E-state index contributed by atoms with van der Waals surface area (Å²) in [6, 6.07) is 0.994. The molecule has 3 nitrogen and oxygen atoms in total. The average molecular weight is 341 g/mol. The van der Waals surface area contributed by atoms with Crippen LogP contribution in [0.4, 0.5) is 19.0 Å². The highest BCUT2D eigenvalue weighted by molar-refractivity contribution is 9.10. The summed E-state index contributed by atoms with van der Waals surface area (Å²) in [5.41, 5.74) is -1.12. The van der Waals surface area contributed by atoms with E-state index in [0.29, 0.717) is 13.0 Å². The predicted molar refractivity (Wildman–Crippen MR) is 70.9 cm³/mol. The van der Waals surface area contributed by atoms with Crippen molar-refractivity contribution in [3.63, 3.8) is 0 Å². The Hall–Kier alpha value is -0.820. The Morgan fingerprint density at radius 3 is 2.53 bits per heavy atom. The van der Waals surface area contributed by atoms with E-state index in [4.69, 9.17) is 5.11 Å². The van der Waals surface area contributed by atoms with Gasteiger partial charge in [-0.3, -0.25) is 0 Å². The highest BCUT2D eigenvalue weighted by atomic mass is 79.9. The number of aromatic nitrogens is 1. The van der Waals surface area contributed by atoms with Gasteiger partial charge in [0.1, 0.15) is 5.82 Å². The second-order valence-corrected chi connectivity index (χ2v) is 5.95. The summed E-state index contributed by atoms with van der Waals surface area (Å²) in [5, 5.41) is 11.6. The molecule has 0 unspecified atom stereocenters. The fourth-order valence-electron chi connectivity index (χ4n) is 1.51. The SMILES string of the molecule is CC(C)(CCO)CNc1ncc(Br)cc1C(F)(F)F. The molecule has 108 valence electrons. The van der Waals surface area contributed by atoms with Gasteiger partial charge < -0.3 is 10.4 Å². The van der Waals surface area contributed by atoms with Crippen LogP contribution < -0.4 is 5.32 Å². The molecule has 0 aromatic carbocycles. The Kier molecular flexibility index (Phi) is 5.20. The number of nitrogens with one attached hydrogen (secondary N) is 1. The van der Waals surface area contributed by atoms with Crippen molar-refractivity contribution >= 4 is 21.7 Å². The fraction of sp³-hybridized carbons (Fsp3) is 0.583. The van der Waals surface area contributed by atoms with E-state index in [0.717, 1.165) is 6.07 Å². The summed E-state index contributed by atoms with van der Waals surface area (Å²) in [4.78, 5) is 3.77. The van der Waals surface area contributed by atoms with Crippen molar-refractivity contribution in [2.75, 3.05) is 18.5 Å². The zero-order chi connectivity index (χ0) is 14.7. The molecule has 1 rings (SSSR count). The summed E-state index contributed by atoms with van der Waals surface area (Å²) >= 11 is 2.98. The van der Waals surface area contributed by atoms with Gasteiger partial charge in [-0.25, -0.2) is 4.98 Å². The Morgan fingerprint density at radius 1 is 1.37 bits per heavy atom. The summed E-state index contributed by atoms with van der Waals surface area (Å²) in [7, 11) is 0. The Balaban J connectivity index is 2.90. The Labute approximate surface area is 118 Å². The van der Waals surface area contributed by atoms with Crippen LogP contribution in [0.5, 0.6) is 0 Å². The van der Waals surface area contributed by atoms with Gasteiger partial charge in [-0.15, -0.1) is 0 Å². The molecule has 0 saturated carbocycles. The van der Waals surface area contributed by atoms with Crippen molar-refractivity contribution in [2.24, 2.45) is 5.41 Å². The first-order valence-electron chi connectivity index (χ1n) is 5.73. The first-order valence-corrected chi connectivity index (χ1v) is 6.52. The van der Waals surface area contributed by atoms with Gasteiger partial charge in [-0.2, -0.15) is 13.2 Å². The number of alkyl halides is 3. The van der Waals surface area contributed by atoms with Gasteiger partial charge >= 0.3 is 6.18 Å². The number of halogens is 4. The largest absolute Gasteiger partial charge is 0.419 e. The van der Waals surface area contributed by atoms with Crippen LogP contribution >= 0.6 is 15.9 Å². The lowest BCUT2D eigenvalue weighted by molar-refractivity contribution is -0.137. The van der Waals surface area contributed by atoms with Gasteiger partial charge in [0.25, 0.3) is 0 Å². The van der Waals surface area contributed by atoms with Gasteiger partial charge in [0.2, 0.25) is 0 Å². The van der Waals surface area contributed by atoms with Crippen LogP contribution in [0.2, 0.25) is 0 Å². The maximum Gasteiger partial charge on any atom is 0.419 e. The maximum absolute atomic E-state index is 12.9. The molecule has 0 aliphatic carbocycles. The normalized spacial score (nSPS) is 12.6. The van der Waals surface area contributed by atoms with Crippen LogP contribution in [0, 0.1) is 5.41 Å². The molecule has 0 aliphatic heterocycles. The lowest BCUT2D eigenvalue weighted by Gasteiger charge is -2.25. The summed E-state index contributed by atoms with van der Waals surface area (Å²) in [6.07, 6.45) is -2.64. The lowest BCUT2D eigenvalue weighted by Crippen LogP contribution is -2.26. The molecule has 0 fully saturated rings. The molecule has 0 amide bonds. The highest BCUT2D eigenvalue weighted by Crippen LogP contribution is 2.35. The van der Waals surface area contributed by atoms with E-state index in [-0.39, 0.29) is 22.3 Å². The zero-order valence-electron chi connectivity index (χ0n) is 10.7. The molecule has 7 heteroatoms. The third-order valence-electron chi connectivity index (χ3n) is 2.68. The molecule has 0 aliphatic rings. The van der Waals surface area contributed by atoms with E-state index in [1.807, 2.05) is 13.8 Å². The van der Waals surface area contributed by atoms with E-state index < -0.39 is 11.7 Å². The van der Waals surface area contributed by atoms with E-state index in [1.165, 1.54) is 6.20 Å². The molecule has 2 N–H and O–H groups in total. The van der Waals surface area contributed by atoms with Crippen molar-refractivity contribution in [1.29, 1.82) is 0 Å². The number of nitrogens with zero attached hydrogens (tertiary/aromatic N) is 1. The van der Waals surface area contributed by atoms with Crippen molar-refractivity contribution in [2.45, 2.75) is 26.4 Å². The summed E-state index contributed by atoms with van der Waals surface area (Å²) < 4.78 is 38.8. The van der Waals surface area contributed by atoms with E-state index >= 15 is 0 Å². The third-order valence-corrected chi connectivity index (χ3v) is 3.12. The standard InChI is InChI=1S/C12H16BrF3N2O/c1-11(2,3-4-19)7-18-10-9(12(14,15)16)5-8(13)6-17-10/h5-6,19H,3-4,7H2,1-2H3,(H,17,18). The van der Waals surface area contributed by atoms with E-state index in [9.17, 15) is 13.2 Å². The smallest absolute Gasteiger partial charge is 0.396 e. The monoisotopic (exact) mass is 340 g/mol. The minimum absolute atomic E-state index is 0.00538. The number of aliphatic hydroxyl groups excluding tert-OH is 1. The quantitative estimate of drug-likeness (QED) is 0.859. The second-order valence-electron chi connectivity index (χ2n) is 5.04. The molecule has 0 radical (unpaired) electrons. The minimum atomic E-state index is -4.46. The van der Waals surface area contributed by atoms with Crippen LogP contribution in [0.15, 0.2) is 16.7 Å². The van der Waals surface area contributed by atoms with Gasteiger partial charge in [0.15, 0.2) is 0 Å². The molecule has 1 heterocycles. The molecular weight excluding hydrogens is 325 g/mol. The molecular formula is C12H16BrF3N2O. The van der Waals surface area contributed by atoms with Crippen LogP contribution in [0.1, 0.15) is 25.8 Å². The number of anilines is 1.